The summed E-state index contributed by atoms with van der Waals surface area (Å²) >= 11 is 11.8. The SMILES string of the molecule is N#CCC(=O)NCc1cc(Cl)ccc1OCc1ccc(Cl)cc1. The minimum atomic E-state index is -0.337. The zero-order valence-electron chi connectivity index (χ0n) is 12.2. The largest absolute Gasteiger partial charge is 0.489 e. The van der Waals surface area contributed by atoms with Gasteiger partial charge in [-0.25, -0.2) is 0 Å². The summed E-state index contributed by atoms with van der Waals surface area (Å²) in [6.07, 6.45) is -0.179. The number of ether oxygens (including phenoxy) is 1. The zero-order valence-corrected chi connectivity index (χ0v) is 13.7. The first-order chi connectivity index (χ1) is 11.1. The number of nitriles is 1. The maximum absolute atomic E-state index is 11.4. The van der Waals surface area contributed by atoms with Crippen molar-refractivity contribution >= 4 is 29.1 Å². The minimum Gasteiger partial charge on any atom is -0.489 e. The summed E-state index contributed by atoms with van der Waals surface area (Å²) in [5, 5.41) is 12.4. The van der Waals surface area contributed by atoms with Crippen LogP contribution in [0.5, 0.6) is 5.75 Å². The van der Waals surface area contributed by atoms with E-state index >= 15 is 0 Å². The van der Waals surface area contributed by atoms with Gasteiger partial charge in [0.25, 0.3) is 0 Å². The highest BCUT2D eigenvalue weighted by molar-refractivity contribution is 6.30. The van der Waals surface area contributed by atoms with E-state index in [1.165, 1.54) is 0 Å². The number of halogens is 2. The molecule has 0 bridgehead atoms. The van der Waals surface area contributed by atoms with Gasteiger partial charge in [-0.05, 0) is 35.9 Å². The minimum absolute atomic E-state index is 0.179. The Labute approximate surface area is 144 Å². The highest BCUT2D eigenvalue weighted by Gasteiger charge is 2.08. The van der Waals surface area contributed by atoms with Crippen LogP contribution < -0.4 is 10.1 Å². The van der Waals surface area contributed by atoms with Gasteiger partial charge in [-0.3, -0.25) is 4.79 Å². The zero-order chi connectivity index (χ0) is 16.7. The number of nitrogens with one attached hydrogen (secondary N) is 1. The van der Waals surface area contributed by atoms with Crippen molar-refractivity contribution in [3.05, 3.63) is 63.6 Å². The average molecular weight is 349 g/mol. The molecule has 1 amide bonds. The van der Waals surface area contributed by atoms with E-state index in [1.54, 1.807) is 36.4 Å². The Kier molecular flexibility index (Phi) is 6.28. The van der Waals surface area contributed by atoms with Gasteiger partial charge in [0.2, 0.25) is 5.91 Å². The number of rotatable bonds is 6. The molecule has 118 valence electrons. The van der Waals surface area contributed by atoms with Gasteiger partial charge in [-0.1, -0.05) is 35.3 Å². The molecule has 23 heavy (non-hydrogen) atoms. The van der Waals surface area contributed by atoms with Crippen LogP contribution in [0.3, 0.4) is 0 Å². The van der Waals surface area contributed by atoms with Crippen molar-refractivity contribution < 1.29 is 9.53 Å². The third kappa shape index (κ3) is 5.48. The summed E-state index contributed by atoms with van der Waals surface area (Å²) in [5.74, 6) is 0.290. The van der Waals surface area contributed by atoms with Crippen LogP contribution in [-0.2, 0) is 17.9 Å². The van der Waals surface area contributed by atoms with E-state index in [0.29, 0.717) is 22.4 Å². The maximum atomic E-state index is 11.4. The molecule has 2 rings (SSSR count). The third-order valence-electron chi connectivity index (χ3n) is 3.05. The van der Waals surface area contributed by atoms with E-state index in [1.807, 2.05) is 12.1 Å². The Morgan fingerprint density at radius 1 is 1.13 bits per heavy atom. The molecule has 0 aromatic heterocycles. The molecule has 0 unspecified atom stereocenters. The number of carbonyl (C=O) groups is 1. The first kappa shape index (κ1) is 17.1. The molecule has 1 N–H and O–H groups in total. The van der Waals surface area contributed by atoms with E-state index in [9.17, 15) is 4.79 Å². The molecular formula is C17H14Cl2N2O2. The topological polar surface area (TPSA) is 62.1 Å². The van der Waals surface area contributed by atoms with Crippen LogP contribution in [0.1, 0.15) is 17.5 Å². The molecule has 0 radical (unpaired) electrons. The standard InChI is InChI=1S/C17H14Cl2N2O2/c18-14-3-1-12(2-4-14)11-23-16-6-5-15(19)9-13(16)10-21-17(22)7-8-20/h1-6,9H,7,10-11H2,(H,21,22). The van der Waals surface area contributed by atoms with Crippen LogP contribution in [0.2, 0.25) is 10.0 Å². The molecule has 2 aromatic rings. The molecule has 2 aromatic carbocycles. The predicted molar refractivity (Wildman–Crippen MR) is 89.3 cm³/mol. The molecule has 0 atom stereocenters. The van der Waals surface area contributed by atoms with Crippen LogP contribution in [0, 0.1) is 11.3 Å². The van der Waals surface area contributed by atoms with Gasteiger partial charge in [0.15, 0.2) is 0 Å². The van der Waals surface area contributed by atoms with Gasteiger partial charge in [0, 0.05) is 22.2 Å². The van der Waals surface area contributed by atoms with E-state index in [0.717, 1.165) is 11.1 Å². The van der Waals surface area contributed by atoms with Gasteiger partial charge in [-0.15, -0.1) is 0 Å². The van der Waals surface area contributed by atoms with Gasteiger partial charge in [0.1, 0.15) is 18.8 Å². The number of nitrogens with zero attached hydrogens (tertiary/aromatic N) is 1. The van der Waals surface area contributed by atoms with E-state index in [2.05, 4.69) is 5.32 Å². The van der Waals surface area contributed by atoms with E-state index < -0.39 is 0 Å². The molecular weight excluding hydrogens is 335 g/mol. The second-order valence-electron chi connectivity index (χ2n) is 4.78. The number of hydrogen-bond acceptors (Lipinski definition) is 3. The molecule has 0 saturated carbocycles. The fourth-order valence-corrected chi connectivity index (χ4v) is 2.22. The van der Waals surface area contributed by atoms with Crippen LogP contribution in [-0.4, -0.2) is 5.91 Å². The highest BCUT2D eigenvalue weighted by atomic mass is 35.5. The third-order valence-corrected chi connectivity index (χ3v) is 3.53. The summed E-state index contributed by atoms with van der Waals surface area (Å²) < 4.78 is 5.79. The van der Waals surface area contributed by atoms with Crippen molar-refractivity contribution in [1.82, 2.24) is 5.32 Å². The first-order valence-corrected chi connectivity index (χ1v) is 7.63. The van der Waals surface area contributed by atoms with E-state index in [-0.39, 0.29) is 18.9 Å². The summed E-state index contributed by atoms with van der Waals surface area (Å²) in [7, 11) is 0. The number of benzene rings is 2. The Morgan fingerprint density at radius 2 is 1.83 bits per heavy atom. The molecule has 6 heteroatoms. The van der Waals surface area contributed by atoms with Crippen molar-refractivity contribution in [2.24, 2.45) is 0 Å². The molecule has 0 aliphatic rings. The Balaban J connectivity index is 2.04. The van der Waals surface area contributed by atoms with Crippen molar-refractivity contribution in [3.8, 4) is 11.8 Å². The van der Waals surface area contributed by atoms with Gasteiger partial charge in [-0.2, -0.15) is 5.26 Å². The Morgan fingerprint density at radius 3 is 2.52 bits per heavy atom. The molecule has 4 nitrogen and oxygen atoms in total. The van der Waals surface area contributed by atoms with Crippen molar-refractivity contribution in [2.75, 3.05) is 0 Å². The molecule has 0 saturated heterocycles. The predicted octanol–water partition coefficient (Wildman–Crippen LogP) is 4.10. The summed E-state index contributed by atoms with van der Waals surface area (Å²) in [6, 6.07) is 14.4. The van der Waals surface area contributed by atoms with Crippen LogP contribution in [0.4, 0.5) is 0 Å². The van der Waals surface area contributed by atoms with E-state index in [4.69, 9.17) is 33.2 Å². The lowest BCUT2D eigenvalue weighted by Crippen LogP contribution is -2.22. The molecule has 0 aliphatic heterocycles. The van der Waals surface area contributed by atoms with Crippen LogP contribution in [0.15, 0.2) is 42.5 Å². The monoisotopic (exact) mass is 348 g/mol. The molecule has 0 spiro atoms. The van der Waals surface area contributed by atoms with Gasteiger partial charge >= 0.3 is 0 Å². The van der Waals surface area contributed by atoms with Crippen molar-refractivity contribution in [1.29, 1.82) is 5.26 Å². The lowest BCUT2D eigenvalue weighted by Gasteiger charge is -2.12. The van der Waals surface area contributed by atoms with Crippen LogP contribution in [0.25, 0.3) is 0 Å². The summed E-state index contributed by atoms with van der Waals surface area (Å²) in [6.45, 7) is 0.620. The molecule has 0 aliphatic carbocycles. The normalized spacial score (nSPS) is 9.96. The van der Waals surface area contributed by atoms with Crippen molar-refractivity contribution in [2.45, 2.75) is 19.6 Å². The number of hydrogen-bond donors (Lipinski definition) is 1. The first-order valence-electron chi connectivity index (χ1n) is 6.88. The molecule has 0 fully saturated rings. The lowest BCUT2D eigenvalue weighted by atomic mass is 10.2. The highest BCUT2D eigenvalue weighted by Crippen LogP contribution is 2.24. The number of amides is 1. The Hall–Kier alpha value is -2.22. The fraction of sp³-hybridized carbons (Fsp3) is 0.176. The smallest absolute Gasteiger partial charge is 0.234 e. The van der Waals surface area contributed by atoms with Crippen molar-refractivity contribution in [3.63, 3.8) is 0 Å². The summed E-state index contributed by atoms with van der Waals surface area (Å²) in [4.78, 5) is 11.4. The molecule has 0 heterocycles. The second kappa shape index (κ2) is 8.42. The maximum Gasteiger partial charge on any atom is 0.234 e. The lowest BCUT2D eigenvalue weighted by molar-refractivity contribution is -0.120. The van der Waals surface area contributed by atoms with Crippen LogP contribution >= 0.6 is 23.2 Å². The van der Waals surface area contributed by atoms with Gasteiger partial charge < -0.3 is 10.1 Å². The Bertz CT molecular complexity index is 724. The fourth-order valence-electron chi connectivity index (χ4n) is 1.90. The summed E-state index contributed by atoms with van der Waals surface area (Å²) in [5.41, 5.74) is 1.72. The quantitative estimate of drug-likeness (QED) is 0.854. The van der Waals surface area contributed by atoms with Gasteiger partial charge in [0.05, 0.1) is 6.07 Å². The second-order valence-corrected chi connectivity index (χ2v) is 5.65. The number of carbonyl (C=O) groups excluding carboxylic acids is 1. The average Bonchev–Trinajstić information content (AvgIpc) is 2.54.